The lowest BCUT2D eigenvalue weighted by Gasteiger charge is -2.20. The number of primary amides is 1. The lowest BCUT2D eigenvalue weighted by molar-refractivity contribution is 0.0992. The minimum Gasteiger partial charge on any atom is -0.508 e. The van der Waals surface area contributed by atoms with E-state index in [1.165, 1.54) is 12.4 Å². The van der Waals surface area contributed by atoms with Crippen molar-refractivity contribution in [2.75, 3.05) is 5.32 Å². The monoisotopic (exact) mass is 459 g/mol. The zero-order valence-corrected chi connectivity index (χ0v) is 18.0. The van der Waals surface area contributed by atoms with E-state index in [4.69, 9.17) is 17.3 Å². The number of nitrogens with one attached hydrogen (secondary N) is 1. The van der Waals surface area contributed by atoms with Gasteiger partial charge in [-0.2, -0.15) is 5.10 Å². The summed E-state index contributed by atoms with van der Waals surface area (Å²) in [7, 11) is 0. The summed E-state index contributed by atoms with van der Waals surface area (Å²) in [6.07, 6.45) is 4.20. The number of benzene rings is 2. The van der Waals surface area contributed by atoms with Crippen molar-refractivity contribution in [1.82, 2.24) is 14.8 Å². The molecule has 4 aromatic rings. The van der Waals surface area contributed by atoms with Crippen molar-refractivity contribution in [2.24, 2.45) is 5.73 Å². The second-order valence-electron chi connectivity index (χ2n) is 7.65. The first-order valence-electron chi connectivity index (χ1n) is 10.2. The van der Waals surface area contributed by atoms with Crippen molar-refractivity contribution in [3.05, 3.63) is 88.3 Å². The third kappa shape index (κ3) is 3.70. The van der Waals surface area contributed by atoms with Crippen LogP contribution in [0.5, 0.6) is 5.75 Å². The van der Waals surface area contributed by atoms with Crippen LogP contribution in [0.2, 0.25) is 5.02 Å². The molecule has 164 valence electrons. The van der Waals surface area contributed by atoms with Crippen LogP contribution in [0.4, 0.5) is 5.69 Å². The van der Waals surface area contributed by atoms with Gasteiger partial charge in [-0.05, 0) is 48.7 Å². The Morgan fingerprint density at radius 2 is 1.97 bits per heavy atom. The molecule has 9 heteroatoms. The summed E-state index contributed by atoms with van der Waals surface area (Å²) in [4.78, 5) is 28.8. The van der Waals surface area contributed by atoms with Crippen LogP contribution in [0.3, 0.4) is 0 Å². The summed E-state index contributed by atoms with van der Waals surface area (Å²) < 4.78 is 1.61. The standard InChI is InChI=1S/C24H18ClN5O3/c25-20-12-27-9-8-17(20)24(33)28-14-6-4-13-5-7-18-21(23(26)32)29-30(22(18)19(13)10-14)15-2-1-3-16(31)11-15/h1-4,6,8-12,31H,5,7H2,(H2,26,32)(H,28,33). The highest BCUT2D eigenvalue weighted by atomic mass is 35.5. The summed E-state index contributed by atoms with van der Waals surface area (Å²) in [6.45, 7) is 0. The molecule has 0 fully saturated rings. The normalized spacial score (nSPS) is 12.0. The molecule has 5 rings (SSSR count). The third-order valence-corrected chi connectivity index (χ3v) is 5.88. The second kappa shape index (κ2) is 8.07. The first-order valence-corrected chi connectivity index (χ1v) is 10.6. The number of phenols is 1. The SMILES string of the molecule is NC(=O)c1nn(-c2cccc(O)c2)c2c1CCc1ccc(NC(=O)c3ccncc3Cl)cc1-2. The Hall–Kier alpha value is -4.17. The minimum absolute atomic E-state index is 0.0728. The molecule has 0 aliphatic heterocycles. The molecule has 1 aliphatic rings. The lowest BCUT2D eigenvalue weighted by Crippen LogP contribution is -2.16. The Morgan fingerprint density at radius 3 is 2.73 bits per heavy atom. The van der Waals surface area contributed by atoms with Crippen LogP contribution in [0, 0.1) is 0 Å². The molecule has 0 spiro atoms. The van der Waals surface area contributed by atoms with E-state index < -0.39 is 5.91 Å². The average molecular weight is 460 g/mol. The highest BCUT2D eigenvalue weighted by molar-refractivity contribution is 6.34. The van der Waals surface area contributed by atoms with E-state index >= 15 is 0 Å². The molecule has 0 bridgehead atoms. The number of nitrogens with zero attached hydrogens (tertiary/aromatic N) is 3. The molecular weight excluding hydrogens is 442 g/mol. The first-order chi connectivity index (χ1) is 15.9. The fraction of sp³-hybridized carbons (Fsp3) is 0.0833. The van der Waals surface area contributed by atoms with Gasteiger partial charge in [-0.1, -0.05) is 23.7 Å². The number of nitrogens with two attached hydrogens (primary N) is 1. The molecule has 2 amide bonds. The quantitative estimate of drug-likeness (QED) is 0.429. The number of anilines is 1. The zero-order valence-electron chi connectivity index (χ0n) is 17.2. The highest BCUT2D eigenvalue weighted by Gasteiger charge is 2.28. The van der Waals surface area contributed by atoms with E-state index in [-0.39, 0.29) is 22.4 Å². The number of aromatic hydroxyl groups is 1. The van der Waals surface area contributed by atoms with Gasteiger partial charge in [0.2, 0.25) is 0 Å². The van der Waals surface area contributed by atoms with Crippen LogP contribution >= 0.6 is 11.6 Å². The maximum atomic E-state index is 12.7. The van der Waals surface area contributed by atoms with Crippen LogP contribution in [-0.2, 0) is 12.8 Å². The molecule has 8 nitrogen and oxygen atoms in total. The smallest absolute Gasteiger partial charge is 0.269 e. The molecule has 2 heterocycles. The molecule has 0 radical (unpaired) electrons. The van der Waals surface area contributed by atoms with Crippen LogP contribution in [0.15, 0.2) is 60.9 Å². The van der Waals surface area contributed by atoms with Gasteiger partial charge in [0.15, 0.2) is 5.69 Å². The largest absolute Gasteiger partial charge is 0.508 e. The first kappa shape index (κ1) is 20.7. The molecule has 2 aromatic carbocycles. The van der Waals surface area contributed by atoms with Gasteiger partial charge in [0.25, 0.3) is 11.8 Å². The van der Waals surface area contributed by atoms with Crippen molar-refractivity contribution < 1.29 is 14.7 Å². The van der Waals surface area contributed by atoms with E-state index in [2.05, 4.69) is 15.4 Å². The number of aryl methyl sites for hydroxylation is 1. The number of carbonyl (C=O) groups excluding carboxylic acids is 2. The van der Waals surface area contributed by atoms with E-state index in [1.807, 2.05) is 18.2 Å². The van der Waals surface area contributed by atoms with Gasteiger partial charge in [0.05, 0.1) is 22.0 Å². The van der Waals surface area contributed by atoms with E-state index in [1.54, 1.807) is 35.0 Å². The van der Waals surface area contributed by atoms with Crippen LogP contribution in [-0.4, -0.2) is 31.7 Å². The van der Waals surface area contributed by atoms with Crippen LogP contribution < -0.4 is 11.1 Å². The maximum Gasteiger partial charge on any atom is 0.269 e. The summed E-state index contributed by atoms with van der Waals surface area (Å²) in [6, 6.07) is 13.7. The van der Waals surface area contributed by atoms with Crippen LogP contribution in [0.1, 0.15) is 32.0 Å². The van der Waals surface area contributed by atoms with Gasteiger partial charge in [-0.25, -0.2) is 4.68 Å². The Labute approximate surface area is 193 Å². The molecule has 4 N–H and O–H groups in total. The second-order valence-corrected chi connectivity index (χ2v) is 8.06. The van der Waals surface area contributed by atoms with Crippen molar-refractivity contribution >= 4 is 29.1 Å². The predicted octanol–water partition coefficient (Wildman–Crippen LogP) is 3.74. The predicted molar refractivity (Wildman–Crippen MR) is 124 cm³/mol. The fourth-order valence-electron chi connectivity index (χ4n) is 4.08. The average Bonchev–Trinajstić information content (AvgIpc) is 3.20. The highest BCUT2D eigenvalue weighted by Crippen LogP contribution is 2.38. The number of carbonyl (C=O) groups is 2. The number of pyridine rings is 1. The van der Waals surface area contributed by atoms with Gasteiger partial charge in [-0.15, -0.1) is 0 Å². The number of phenolic OH excluding ortho intramolecular Hbond substituents is 1. The number of hydrogen-bond acceptors (Lipinski definition) is 5. The molecule has 0 unspecified atom stereocenters. The summed E-state index contributed by atoms with van der Waals surface area (Å²) >= 11 is 6.10. The number of aromatic nitrogens is 3. The molecule has 0 saturated heterocycles. The lowest BCUT2D eigenvalue weighted by atomic mass is 9.88. The Morgan fingerprint density at radius 1 is 1.12 bits per heavy atom. The number of fused-ring (bicyclic) bond motifs is 3. The molecule has 0 saturated carbocycles. The number of hydrogen-bond donors (Lipinski definition) is 3. The van der Waals surface area contributed by atoms with Gasteiger partial charge >= 0.3 is 0 Å². The Bertz CT molecular complexity index is 1430. The Kier molecular flexibility index (Phi) is 5.07. The maximum absolute atomic E-state index is 12.7. The minimum atomic E-state index is -0.620. The number of amides is 2. The zero-order chi connectivity index (χ0) is 23.1. The van der Waals surface area contributed by atoms with Gasteiger partial charge in [-0.3, -0.25) is 14.6 Å². The molecule has 2 aromatic heterocycles. The topological polar surface area (TPSA) is 123 Å². The number of halogens is 1. The Balaban J connectivity index is 1.62. The van der Waals surface area contributed by atoms with E-state index in [9.17, 15) is 14.7 Å². The molecular formula is C24H18ClN5O3. The summed E-state index contributed by atoms with van der Waals surface area (Å²) in [5, 5.41) is 17.6. The van der Waals surface area contributed by atoms with Gasteiger partial charge < -0.3 is 16.2 Å². The van der Waals surface area contributed by atoms with Crippen molar-refractivity contribution in [3.63, 3.8) is 0 Å². The van der Waals surface area contributed by atoms with Gasteiger partial charge in [0, 0.05) is 35.3 Å². The molecule has 0 atom stereocenters. The van der Waals surface area contributed by atoms with Crippen molar-refractivity contribution in [2.45, 2.75) is 12.8 Å². The van der Waals surface area contributed by atoms with Crippen LogP contribution in [0.25, 0.3) is 16.9 Å². The number of rotatable bonds is 4. The van der Waals surface area contributed by atoms with E-state index in [0.29, 0.717) is 35.5 Å². The third-order valence-electron chi connectivity index (χ3n) is 5.58. The van der Waals surface area contributed by atoms with Crippen molar-refractivity contribution in [1.29, 1.82) is 0 Å². The fourth-order valence-corrected chi connectivity index (χ4v) is 4.29. The van der Waals surface area contributed by atoms with E-state index in [0.717, 1.165) is 16.7 Å². The summed E-state index contributed by atoms with van der Waals surface area (Å²) in [5.74, 6) is -0.910. The summed E-state index contributed by atoms with van der Waals surface area (Å²) in [5.41, 5.74) is 10.6. The molecule has 33 heavy (non-hydrogen) atoms. The van der Waals surface area contributed by atoms with Gasteiger partial charge in [0.1, 0.15) is 5.75 Å². The van der Waals surface area contributed by atoms with Crippen molar-refractivity contribution in [3.8, 4) is 22.7 Å². The molecule has 1 aliphatic carbocycles.